The number of hydrogen-bond donors (Lipinski definition) is 2. The van der Waals surface area contributed by atoms with Crippen LogP contribution in [0.2, 0.25) is 0 Å². The van der Waals surface area contributed by atoms with Gasteiger partial charge in [0.25, 0.3) is 5.91 Å². The highest BCUT2D eigenvalue weighted by Gasteiger charge is 2.31. The van der Waals surface area contributed by atoms with Crippen molar-refractivity contribution in [2.24, 2.45) is 0 Å². The summed E-state index contributed by atoms with van der Waals surface area (Å²) in [6.45, 7) is 8.04. The average Bonchev–Trinajstić information content (AvgIpc) is 2.77. The molecule has 2 N–H and O–H groups in total. The summed E-state index contributed by atoms with van der Waals surface area (Å²) >= 11 is 0. The zero-order valence-corrected chi connectivity index (χ0v) is 18.1. The van der Waals surface area contributed by atoms with Gasteiger partial charge in [-0.15, -0.1) is 0 Å². The van der Waals surface area contributed by atoms with E-state index in [1.165, 1.54) is 24.7 Å². The van der Waals surface area contributed by atoms with E-state index in [-0.39, 0.29) is 22.7 Å². The van der Waals surface area contributed by atoms with Crippen molar-refractivity contribution in [3.8, 4) is 11.3 Å². The van der Waals surface area contributed by atoms with Gasteiger partial charge in [-0.3, -0.25) is 14.8 Å². The number of allylic oxidation sites excluding steroid dienone is 1. The molecular formula is C24H22F4N4O. The first-order valence-corrected chi connectivity index (χ1v) is 10.1. The Kier molecular flexibility index (Phi) is 7.10. The first-order valence-electron chi connectivity index (χ1n) is 10.1. The van der Waals surface area contributed by atoms with E-state index in [9.17, 15) is 22.4 Å². The smallest absolute Gasteiger partial charge is 0.354 e. The molecule has 0 bridgehead atoms. The number of halogens is 4. The number of anilines is 2. The molecule has 0 saturated heterocycles. The van der Waals surface area contributed by atoms with E-state index < -0.39 is 17.6 Å². The van der Waals surface area contributed by atoms with Crippen LogP contribution in [-0.2, 0) is 6.18 Å². The summed E-state index contributed by atoms with van der Waals surface area (Å²) in [7, 11) is 0. The van der Waals surface area contributed by atoms with Crippen molar-refractivity contribution < 1.29 is 22.4 Å². The largest absolute Gasteiger partial charge is 0.416 e. The molecule has 0 fully saturated rings. The summed E-state index contributed by atoms with van der Waals surface area (Å²) in [5.41, 5.74) is 0.997. The molecule has 0 aliphatic carbocycles. The summed E-state index contributed by atoms with van der Waals surface area (Å²) in [4.78, 5) is 20.7. The Morgan fingerprint density at radius 1 is 1.09 bits per heavy atom. The number of hydrogen-bond acceptors (Lipinski definition) is 4. The topological polar surface area (TPSA) is 66.9 Å². The third-order valence-corrected chi connectivity index (χ3v) is 4.80. The molecular weight excluding hydrogens is 436 g/mol. The molecule has 9 heteroatoms. The number of aromatic nitrogens is 2. The summed E-state index contributed by atoms with van der Waals surface area (Å²) in [5.74, 6) is -1.17. The third kappa shape index (κ3) is 5.54. The van der Waals surface area contributed by atoms with Crippen LogP contribution in [0, 0.1) is 5.82 Å². The molecule has 0 saturated carbocycles. The Labute approximate surface area is 188 Å². The molecule has 2 aromatic heterocycles. The first-order chi connectivity index (χ1) is 15.6. The third-order valence-electron chi connectivity index (χ3n) is 4.80. The van der Waals surface area contributed by atoms with Gasteiger partial charge in [-0.25, -0.2) is 4.39 Å². The summed E-state index contributed by atoms with van der Waals surface area (Å²) in [6, 6.07) is 5.18. The Morgan fingerprint density at radius 2 is 1.85 bits per heavy atom. The minimum atomic E-state index is -4.63. The molecule has 3 aromatic rings. The maximum atomic E-state index is 14.4. The van der Waals surface area contributed by atoms with Gasteiger partial charge in [-0.2, -0.15) is 13.2 Å². The maximum absolute atomic E-state index is 14.4. The van der Waals surface area contributed by atoms with Gasteiger partial charge in [0.2, 0.25) is 0 Å². The van der Waals surface area contributed by atoms with E-state index in [0.717, 1.165) is 18.6 Å². The molecule has 2 heterocycles. The summed E-state index contributed by atoms with van der Waals surface area (Å²) in [6.07, 6.45) is 0.428. The van der Waals surface area contributed by atoms with E-state index in [0.29, 0.717) is 35.1 Å². The lowest BCUT2D eigenvalue weighted by molar-refractivity contribution is -0.137. The van der Waals surface area contributed by atoms with Crippen molar-refractivity contribution in [3.63, 3.8) is 0 Å². The van der Waals surface area contributed by atoms with E-state index >= 15 is 0 Å². The van der Waals surface area contributed by atoms with Gasteiger partial charge in [-0.05, 0) is 49.2 Å². The molecule has 0 aliphatic rings. The highest BCUT2D eigenvalue weighted by Crippen LogP contribution is 2.35. The second-order valence-electron chi connectivity index (χ2n) is 7.39. The predicted molar refractivity (Wildman–Crippen MR) is 119 cm³/mol. The predicted octanol–water partition coefficient (Wildman–Crippen LogP) is 6.22. The molecule has 0 atom stereocenters. The molecule has 0 aliphatic heterocycles. The number of pyridine rings is 2. The minimum absolute atomic E-state index is 0.00265. The Bertz CT molecular complexity index is 1190. The van der Waals surface area contributed by atoms with Crippen LogP contribution in [0.15, 0.2) is 55.5 Å². The molecule has 5 nitrogen and oxygen atoms in total. The van der Waals surface area contributed by atoms with Crippen LogP contribution in [0.1, 0.15) is 41.8 Å². The lowest BCUT2D eigenvalue weighted by atomic mass is 10.0. The monoisotopic (exact) mass is 458 g/mol. The lowest BCUT2D eigenvalue weighted by Crippen LogP contribution is -2.25. The number of benzene rings is 1. The van der Waals surface area contributed by atoms with E-state index in [4.69, 9.17) is 0 Å². The normalized spacial score (nSPS) is 11.2. The van der Waals surface area contributed by atoms with E-state index in [1.54, 1.807) is 13.0 Å². The fraction of sp³-hybridized carbons (Fsp3) is 0.208. The zero-order chi connectivity index (χ0) is 24.2. The Morgan fingerprint density at radius 3 is 2.52 bits per heavy atom. The maximum Gasteiger partial charge on any atom is 0.416 e. The Balaban J connectivity index is 2.07. The molecule has 1 amide bonds. The van der Waals surface area contributed by atoms with Gasteiger partial charge in [-0.1, -0.05) is 13.5 Å². The fourth-order valence-electron chi connectivity index (χ4n) is 3.11. The van der Waals surface area contributed by atoms with Crippen molar-refractivity contribution in [1.82, 2.24) is 15.3 Å². The number of carbonyl (C=O) groups excluding carboxylic acids is 1. The molecule has 0 spiro atoms. The molecule has 0 radical (unpaired) electrons. The molecule has 3 rings (SSSR count). The minimum Gasteiger partial charge on any atom is -0.354 e. The van der Waals surface area contributed by atoms with Gasteiger partial charge in [0.1, 0.15) is 5.82 Å². The SMILES string of the molecule is C=C(C)c1cnc(-c2cc(C(F)(F)F)ccc2F)cc1Nc1ccncc1C(=O)NCCC. The number of rotatable bonds is 7. The standard InChI is InChI=1S/C24H22F4N4O/c1-4-8-30-23(33)18-12-29-9-7-20(18)32-22-11-21(31-13-17(22)14(2)3)16-10-15(24(26,27)28)5-6-19(16)25/h5-7,9-13H,2,4,8H2,1,3H3,(H,30,33)(H,29,31,32). The Hall–Kier alpha value is -3.75. The van der Waals surface area contributed by atoms with E-state index in [2.05, 4.69) is 27.2 Å². The van der Waals surface area contributed by atoms with Crippen LogP contribution >= 0.6 is 0 Å². The molecule has 1 aromatic carbocycles. The second kappa shape index (κ2) is 9.81. The highest BCUT2D eigenvalue weighted by molar-refractivity contribution is 6.00. The average molecular weight is 458 g/mol. The van der Waals surface area contributed by atoms with Gasteiger partial charge < -0.3 is 10.6 Å². The molecule has 33 heavy (non-hydrogen) atoms. The van der Waals surface area contributed by atoms with Gasteiger partial charge >= 0.3 is 6.18 Å². The van der Waals surface area contributed by atoms with Gasteiger partial charge in [0, 0.05) is 41.9 Å². The van der Waals surface area contributed by atoms with E-state index in [1.807, 2.05) is 6.92 Å². The highest BCUT2D eigenvalue weighted by atomic mass is 19.4. The van der Waals surface area contributed by atoms with Gasteiger partial charge in [0.15, 0.2) is 0 Å². The number of amides is 1. The van der Waals surface area contributed by atoms with Crippen molar-refractivity contribution >= 4 is 22.9 Å². The number of nitrogens with zero attached hydrogens (tertiary/aromatic N) is 2. The van der Waals surface area contributed by atoms with Crippen LogP contribution in [0.4, 0.5) is 28.9 Å². The van der Waals surface area contributed by atoms with Crippen molar-refractivity contribution in [3.05, 3.63) is 78.0 Å². The molecule has 0 unspecified atom stereocenters. The van der Waals surface area contributed by atoms with Crippen LogP contribution in [0.25, 0.3) is 16.8 Å². The van der Waals surface area contributed by atoms with Crippen LogP contribution < -0.4 is 10.6 Å². The summed E-state index contributed by atoms with van der Waals surface area (Å²) < 4.78 is 53.9. The first kappa shape index (κ1) is 23.9. The molecule has 172 valence electrons. The van der Waals surface area contributed by atoms with Crippen LogP contribution in [0.5, 0.6) is 0 Å². The van der Waals surface area contributed by atoms with Crippen LogP contribution in [0.3, 0.4) is 0 Å². The number of carbonyl (C=O) groups is 1. The summed E-state index contributed by atoms with van der Waals surface area (Å²) in [5, 5.41) is 5.88. The number of alkyl halides is 3. The van der Waals surface area contributed by atoms with Crippen LogP contribution in [-0.4, -0.2) is 22.4 Å². The van der Waals surface area contributed by atoms with Crippen molar-refractivity contribution in [2.45, 2.75) is 26.4 Å². The quantitative estimate of drug-likeness (QED) is 0.413. The van der Waals surface area contributed by atoms with Gasteiger partial charge in [0.05, 0.1) is 22.5 Å². The lowest BCUT2D eigenvalue weighted by Gasteiger charge is -2.16. The second-order valence-corrected chi connectivity index (χ2v) is 7.39. The zero-order valence-electron chi connectivity index (χ0n) is 18.1. The number of nitrogens with one attached hydrogen (secondary N) is 2. The van der Waals surface area contributed by atoms with Crippen molar-refractivity contribution in [1.29, 1.82) is 0 Å². The fourth-order valence-corrected chi connectivity index (χ4v) is 3.11. The van der Waals surface area contributed by atoms with Crippen molar-refractivity contribution in [2.75, 3.05) is 11.9 Å².